The van der Waals surface area contributed by atoms with E-state index in [1.165, 1.54) is 32.1 Å². The molecule has 83 valence electrons. The standard InChI is InChI=1S/C13H26N/c1-5-12(6-2)9-13(7-3,8-4)11-14-10-12/h5-11H2,1-4H3. The molecule has 1 radical (unpaired) electrons. The van der Waals surface area contributed by atoms with Crippen molar-refractivity contribution < 1.29 is 0 Å². The molecular weight excluding hydrogens is 170 g/mol. The highest BCUT2D eigenvalue weighted by atomic mass is 14.9. The van der Waals surface area contributed by atoms with Crippen molar-refractivity contribution in [2.75, 3.05) is 13.1 Å². The third-order valence-electron chi connectivity index (χ3n) is 4.64. The van der Waals surface area contributed by atoms with Crippen LogP contribution in [-0.4, -0.2) is 13.1 Å². The molecule has 1 heteroatoms. The summed E-state index contributed by atoms with van der Waals surface area (Å²) >= 11 is 0. The van der Waals surface area contributed by atoms with E-state index in [-0.39, 0.29) is 0 Å². The molecule has 1 saturated heterocycles. The van der Waals surface area contributed by atoms with Crippen LogP contribution in [0.4, 0.5) is 0 Å². The summed E-state index contributed by atoms with van der Waals surface area (Å²) in [4.78, 5) is 0. The number of rotatable bonds is 4. The van der Waals surface area contributed by atoms with Gasteiger partial charge in [-0.2, -0.15) is 0 Å². The summed E-state index contributed by atoms with van der Waals surface area (Å²) in [6.07, 6.45) is 6.61. The Hall–Kier alpha value is -0.0400. The summed E-state index contributed by atoms with van der Waals surface area (Å²) < 4.78 is 0. The molecule has 1 heterocycles. The van der Waals surface area contributed by atoms with Crippen LogP contribution in [-0.2, 0) is 0 Å². The van der Waals surface area contributed by atoms with E-state index in [2.05, 4.69) is 27.7 Å². The maximum atomic E-state index is 4.77. The number of hydrogen-bond donors (Lipinski definition) is 0. The van der Waals surface area contributed by atoms with E-state index in [1.54, 1.807) is 0 Å². The van der Waals surface area contributed by atoms with Crippen LogP contribution in [0.25, 0.3) is 0 Å². The Kier molecular flexibility index (Phi) is 4.00. The quantitative estimate of drug-likeness (QED) is 0.652. The summed E-state index contributed by atoms with van der Waals surface area (Å²) in [6.45, 7) is 11.6. The highest BCUT2D eigenvalue weighted by molar-refractivity contribution is 4.94. The van der Waals surface area contributed by atoms with Crippen molar-refractivity contribution in [2.45, 2.75) is 59.8 Å². The van der Waals surface area contributed by atoms with Gasteiger partial charge in [0.1, 0.15) is 0 Å². The van der Waals surface area contributed by atoms with Crippen molar-refractivity contribution in [1.29, 1.82) is 0 Å². The Morgan fingerprint density at radius 2 is 1.14 bits per heavy atom. The Morgan fingerprint density at radius 1 is 0.786 bits per heavy atom. The van der Waals surface area contributed by atoms with E-state index in [1.807, 2.05) is 0 Å². The second kappa shape index (κ2) is 4.65. The van der Waals surface area contributed by atoms with Gasteiger partial charge in [-0.15, -0.1) is 0 Å². The van der Waals surface area contributed by atoms with Gasteiger partial charge in [0.2, 0.25) is 0 Å². The fourth-order valence-electron chi connectivity index (χ4n) is 2.88. The van der Waals surface area contributed by atoms with Gasteiger partial charge in [-0.05, 0) is 42.9 Å². The predicted molar refractivity (Wildman–Crippen MR) is 62.5 cm³/mol. The lowest BCUT2D eigenvalue weighted by molar-refractivity contribution is 0.0583. The average Bonchev–Trinajstić information content (AvgIpc) is 2.29. The average molecular weight is 196 g/mol. The molecule has 0 aromatic carbocycles. The molecule has 0 aromatic rings. The van der Waals surface area contributed by atoms with E-state index in [0.29, 0.717) is 10.8 Å². The van der Waals surface area contributed by atoms with Crippen LogP contribution < -0.4 is 5.32 Å². The van der Waals surface area contributed by atoms with E-state index in [9.17, 15) is 0 Å². The summed E-state index contributed by atoms with van der Waals surface area (Å²) in [5, 5.41) is 4.77. The Bertz CT molecular complexity index is 148. The van der Waals surface area contributed by atoms with Gasteiger partial charge in [0, 0.05) is 13.1 Å². The van der Waals surface area contributed by atoms with Gasteiger partial charge in [0.05, 0.1) is 0 Å². The Morgan fingerprint density at radius 3 is 1.43 bits per heavy atom. The zero-order valence-corrected chi connectivity index (χ0v) is 10.4. The van der Waals surface area contributed by atoms with Gasteiger partial charge in [-0.25, -0.2) is 5.32 Å². The number of piperidine rings is 1. The predicted octanol–water partition coefficient (Wildman–Crippen LogP) is 3.61. The van der Waals surface area contributed by atoms with Crippen LogP contribution in [0, 0.1) is 10.8 Å². The first kappa shape index (κ1) is 12.0. The smallest absolute Gasteiger partial charge is 0.0190 e. The molecule has 1 aliphatic heterocycles. The zero-order valence-electron chi connectivity index (χ0n) is 10.4. The van der Waals surface area contributed by atoms with Gasteiger partial charge in [-0.1, -0.05) is 27.7 Å². The highest BCUT2D eigenvalue weighted by Gasteiger charge is 2.41. The second-order valence-electron chi connectivity index (χ2n) is 5.13. The maximum absolute atomic E-state index is 4.77. The summed E-state index contributed by atoms with van der Waals surface area (Å²) in [7, 11) is 0. The molecule has 0 N–H and O–H groups in total. The topological polar surface area (TPSA) is 14.1 Å². The first-order valence-corrected chi connectivity index (χ1v) is 6.29. The Labute approximate surface area is 89.7 Å². The van der Waals surface area contributed by atoms with E-state index >= 15 is 0 Å². The molecule has 0 spiro atoms. The molecule has 0 aromatic heterocycles. The van der Waals surface area contributed by atoms with Crippen molar-refractivity contribution in [3.8, 4) is 0 Å². The third kappa shape index (κ3) is 2.13. The van der Waals surface area contributed by atoms with Gasteiger partial charge < -0.3 is 0 Å². The normalized spacial score (nSPS) is 24.9. The van der Waals surface area contributed by atoms with Gasteiger partial charge in [0.15, 0.2) is 0 Å². The monoisotopic (exact) mass is 196 g/mol. The molecular formula is C13H26N. The number of hydrogen-bond acceptors (Lipinski definition) is 0. The summed E-state index contributed by atoms with van der Waals surface area (Å²) in [5.41, 5.74) is 1.06. The molecule has 14 heavy (non-hydrogen) atoms. The molecule has 0 amide bonds. The van der Waals surface area contributed by atoms with Gasteiger partial charge in [-0.3, -0.25) is 0 Å². The van der Waals surface area contributed by atoms with Crippen LogP contribution in [0.15, 0.2) is 0 Å². The minimum absolute atomic E-state index is 0.532. The van der Waals surface area contributed by atoms with Crippen molar-refractivity contribution in [3.05, 3.63) is 0 Å². The molecule has 1 aliphatic rings. The van der Waals surface area contributed by atoms with E-state index in [0.717, 1.165) is 13.1 Å². The minimum Gasteiger partial charge on any atom is -0.241 e. The van der Waals surface area contributed by atoms with Crippen molar-refractivity contribution in [2.24, 2.45) is 10.8 Å². The van der Waals surface area contributed by atoms with Crippen LogP contribution >= 0.6 is 0 Å². The van der Waals surface area contributed by atoms with Crippen LogP contribution in [0.1, 0.15) is 59.8 Å². The second-order valence-corrected chi connectivity index (χ2v) is 5.13. The fraction of sp³-hybridized carbons (Fsp3) is 1.00. The largest absolute Gasteiger partial charge is 0.241 e. The molecule has 0 aliphatic carbocycles. The molecule has 0 unspecified atom stereocenters. The highest BCUT2D eigenvalue weighted by Crippen LogP contribution is 2.45. The molecule has 1 rings (SSSR count). The first-order chi connectivity index (χ1) is 6.66. The van der Waals surface area contributed by atoms with Gasteiger partial charge >= 0.3 is 0 Å². The molecule has 1 fully saturated rings. The first-order valence-electron chi connectivity index (χ1n) is 6.29. The van der Waals surface area contributed by atoms with E-state index in [4.69, 9.17) is 5.32 Å². The fourth-order valence-corrected chi connectivity index (χ4v) is 2.88. The zero-order chi connectivity index (χ0) is 10.7. The van der Waals surface area contributed by atoms with Crippen LogP contribution in [0.5, 0.6) is 0 Å². The molecule has 0 saturated carbocycles. The Balaban J connectivity index is 2.75. The third-order valence-corrected chi connectivity index (χ3v) is 4.64. The van der Waals surface area contributed by atoms with Crippen molar-refractivity contribution in [3.63, 3.8) is 0 Å². The lowest BCUT2D eigenvalue weighted by Crippen LogP contribution is -2.46. The van der Waals surface area contributed by atoms with E-state index < -0.39 is 0 Å². The minimum atomic E-state index is 0.532. The van der Waals surface area contributed by atoms with Crippen molar-refractivity contribution in [1.82, 2.24) is 5.32 Å². The van der Waals surface area contributed by atoms with Crippen molar-refractivity contribution >= 4 is 0 Å². The van der Waals surface area contributed by atoms with Crippen LogP contribution in [0.2, 0.25) is 0 Å². The number of nitrogens with zero attached hydrogens (tertiary/aromatic N) is 1. The van der Waals surface area contributed by atoms with Crippen LogP contribution in [0.3, 0.4) is 0 Å². The molecule has 0 bridgehead atoms. The van der Waals surface area contributed by atoms with Gasteiger partial charge in [0.25, 0.3) is 0 Å². The lowest BCUT2D eigenvalue weighted by atomic mass is 9.63. The lowest BCUT2D eigenvalue weighted by Gasteiger charge is -2.47. The maximum Gasteiger partial charge on any atom is 0.0190 e. The SMILES string of the molecule is CCC1(CC)C[N]CC(CC)(CC)C1. The molecule has 1 nitrogen and oxygen atoms in total. The summed E-state index contributed by atoms with van der Waals surface area (Å²) in [6, 6.07) is 0. The molecule has 0 atom stereocenters. The summed E-state index contributed by atoms with van der Waals surface area (Å²) in [5.74, 6) is 0.